The first-order chi connectivity index (χ1) is 15.1. The molecule has 2 aromatic carbocycles. The van der Waals surface area contributed by atoms with E-state index in [2.05, 4.69) is 33.1 Å². The van der Waals surface area contributed by atoms with Crippen LogP contribution in [0.1, 0.15) is 23.5 Å². The minimum absolute atomic E-state index is 0.109. The molecule has 2 aromatic heterocycles. The molecule has 3 heterocycles. The zero-order valence-corrected chi connectivity index (χ0v) is 18.0. The summed E-state index contributed by atoms with van der Waals surface area (Å²) in [5.74, 6) is 0.109. The number of hydrogen-bond donors (Lipinski definition) is 2. The van der Waals surface area contributed by atoms with Crippen LogP contribution in [0.4, 0.5) is 5.69 Å². The van der Waals surface area contributed by atoms with Crippen LogP contribution in [0.3, 0.4) is 0 Å². The van der Waals surface area contributed by atoms with Gasteiger partial charge in [0.1, 0.15) is 11.8 Å². The largest absolute Gasteiger partial charge is 0.506 e. The predicted molar refractivity (Wildman–Crippen MR) is 127 cm³/mol. The molecule has 5 rings (SSSR count). The van der Waals surface area contributed by atoms with E-state index in [0.29, 0.717) is 15.8 Å². The van der Waals surface area contributed by atoms with Gasteiger partial charge in [0.25, 0.3) is 0 Å². The van der Waals surface area contributed by atoms with E-state index in [4.69, 9.17) is 23.8 Å². The Balaban J connectivity index is 1.70. The summed E-state index contributed by atoms with van der Waals surface area (Å²) >= 11 is 12.0. The van der Waals surface area contributed by atoms with Crippen LogP contribution in [0.5, 0.6) is 5.75 Å². The molecule has 0 unspecified atom stereocenters. The van der Waals surface area contributed by atoms with Crippen molar-refractivity contribution in [2.24, 2.45) is 0 Å². The van der Waals surface area contributed by atoms with Gasteiger partial charge in [0.05, 0.1) is 17.4 Å². The van der Waals surface area contributed by atoms with E-state index in [1.165, 1.54) is 0 Å². The lowest BCUT2D eigenvalue weighted by Gasteiger charge is -2.29. The first-order valence-corrected chi connectivity index (χ1v) is 10.6. The number of aromatic hydroxyl groups is 1. The topological polar surface area (TPSA) is 53.3 Å². The minimum atomic E-state index is -0.262. The number of nitrogens with zero attached hydrogens (tertiary/aromatic N) is 3. The predicted octanol–water partition coefficient (Wildman–Crippen LogP) is 5.41. The number of rotatable bonds is 4. The maximum atomic E-state index is 10.7. The molecule has 4 aromatic rings. The van der Waals surface area contributed by atoms with Crippen molar-refractivity contribution >= 4 is 34.6 Å². The van der Waals surface area contributed by atoms with Gasteiger partial charge >= 0.3 is 0 Å². The van der Waals surface area contributed by atoms with Gasteiger partial charge in [-0.3, -0.25) is 4.98 Å². The molecule has 1 aliphatic heterocycles. The third kappa shape index (κ3) is 3.54. The Morgan fingerprint density at radius 1 is 0.968 bits per heavy atom. The maximum absolute atomic E-state index is 10.7. The number of anilines is 1. The summed E-state index contributed by atoms with van der Waals surface area (Å²) in [6.45, 7) is 0. The molecule has 0 bridgehead atoms. The molecule has 0 aliphatic carbocycles. The molecule has 0 saturated carbocycles. The summed E-state index contributed by atoms with van der Waals surface area (Å²) in [5, 5.41) is 15.1. The molecule has 1 saturated heterocycles. The molecular formula is C24H19ClN4OS. The van der Waals surface area contributed by atoms with E-state index in [0.717, 1.165) is 17.1 Å². The van der Waals surface area contributed by atoms with E-state index in [9.17, 15) is 5.11 Å². The standard InChI is InChI=1S/C24H19ClN4OS/c25-16-11-12-21(30)20(15-16)29-23(22(27-24(29)31)18-9-4-5-13-26-18)19-10-6-14-28(19)17-7-2-1-3-8-17/h1-15,22-23,30H,(H,27,31)/t22-,23+/m0/s1. The molecule has 154 valence electrons. The van der Waals surface area contributed by atoms with Gasteiger partial charge in [-0.2, -0.15) is 0 Å². The summed E-state index contributed by atoms with van der Waals surface area (Å²) in [5.41, 5.74) is 3.46. The number of pyridine rings is 1. The van der Waals surface area contributed by atoms with Crippen molar-refractivity contribution in [3.05, 3.63) is 108 Å². The second-order valence-electron chi connectivity index (χ2n) is 7.27. The number of phenolic OH excluding ortho intramolecular Hbond substituents is 1. The van der Waals surface area contributed by atoms with Crippen molar-refractivity contribution < 1.29 is 5.11 Å². The molecule has 0 spiro atoms. The zero-order chi connectivity index (χ0) is 21.4. The van der Waals surface area contributed by atoms with Gasteiger partial charge in [-0.15, -0.1) is 0 Å². The Morgan fingerprint density at radius 3 is 2.55 bits per heavy atom. The van der Waals surface area contributed by atoms with Crippen LogP contribution in [0.2, 0.25) is 5.02 Å². The number of para-hydroxylation sites is 1. The number of halogens is 1. The van der Waals surface area contributed by atoms with Gasteiger partial charge in [-0.25, -0.2) is 0 Å². The Hall–Kier alpha value is -3.35. The fourth-order valence-electron chi connectivity index (χ4n) is 4.06. The van der Waals surface area contributed by atoms with Gasteiger partial charge < -0.3 is 19.9 Å². The van der Waals surface area contributed by atoms with Crippen LogP contribution >= 0.6 is 23.8 Å². The van der Waals surface area contributed by atoms with Crippen molar-refractivity contribution in [1.29, 1.82) is 0 Å². The number of benzene rings is 2. The van der Waals surface area contributed by atoms with Gasteiger partial charge in [0.15, 0.2) is 5.11 Å². The summed E-state index contributed by atoms with van der Waals surface area (Å²) < 4.78 is 2.13. The van der Waals surface area contributed by atoms with Crippen LogP contribution in [-0.4, -0.2) is 19.8 Å². The fourth-order valence-corrected chi connectivity index (χ4v) is 4.57. The average Bonchev–Trinajstić information content (AvgIpc) is 3.41. The Labute approximate surface area is 190 Å². The van der Waals surface area contributed by atoms with Crippen LogP contribution in [0.15, 0.2) is 91.3 Å². The summed E-state index contributed by atoms with van der Waals surface area (Å²) in [6, 6.07) is 24.5. The smallest absolute Gasteiger partial charge is 0.174 e. The molecule has 2 atom stereocenters. The number of hydrogen-bond acceptors (Lipinski definition) is 3. The number of aromatic nitrogens is 2. The SMILES string of the molecule is Oc1ccc(Cl)cc1N1C(=S)N[C@@H](c2ccccn2)[C@H]1c1cccn1-c1ccccc1. The van der Waals surface area contributed by atoms with Crippen molar-refractivity contribution in [2.45, 2.75) is 12.1 Å². The number of thiocarbonyl (C=S) groups is 1. The van der Waals surface area contributed by atoms with Crippen molar-refractivity contribution in [2.75, 3.05) is 4.90 Å². The second kappa shape index (κ2) is 8.06. The molecule has 0 amide bonds. The lowest BCUT2D eigenvalue weighted by atomic mass is 10.0. The Morgan fingerprint density at radius 2 is 1.77 bits per heavy atom. The quantitative estimate of drug-likeness (QED) is 0.410. The lowest BCUT2D eigenvalue weighted by Crippen LogP contribution is -2.30. The lowest BCUT2D eigenvalue weighted by molar-refractivity contribution is 0.472. The Kier molecular flexibility index (Phi) is 5.10. The fraction of sp³-hybridized carbons (Fsp3) is 0.0833. The van der Waals surface area contributed by atoms with Gasteiger partial charge in [-0.1, -0.05) is 35.9 Å². The van der Waals surface area contributed by atoms with Crippen LogP contribution < -0.4 is 10.2 Å². The molecule has 0 radical (unpaired) electrons. The van der Waals surface area contributed by atoms with Crippen molar-refractivity contribution in [3.8, 4) is 11.4 Å². The maximum Gasteiger partial charge on any atom is 0.174 e. The van der Waals surface area contributed by atoms with Crippen LogP contribution in [0.25, 0.3) is 5.69 Å². The Bertz CT molecular complexity index is 1230. The summed E-state index contributed by atoms with van der Waals surface area (Å²) in [7, 11) is 0. The third-order valence-electron chi connectivity index (χ3n) is 5.41. The first-order valence-electron chi connectivity index (χ1n) is 9.85. The molecule has 1 fully saturated rings. The normalized spacial score (nSPS) is 18.2. The first kappa shape index (κ1) is 19.6. The van der Waals surface area contributed by atoms with Crippen molar-refractivity contribution in [3.63, 3.8) is 0 Å². The third-order valence-corrected chi connectivity index (χ3v) is 5.96. The molecule has 2 N–H and O–H groups in total. The molecule has 5 nitrogen and oxygen atoms in total. The second-order valence-corrected chi connectivity index (χ2v) is 8.09. The highest BCUT2D eigenvalue weighted by Crippen LogP contribution is 2.45. The van der Waals surface area contributed by atoms with Crippen LogP contribution in [0, 0.1) is 0 Å². The minimum Gasteiger partial charge on any atom is -0.506 e. The van der Waals surface area contributed by atoms with Crippen molar-refractivity contribution in [1.82, 2.24) is 14.9 Å². The van der Waals surface area contributed by atoms with Crippen LogP contribution in [-0.2, 0) is 0 Å². The van der Waals surface area contributed by atoms with E-state index < -0.39 is 0 Å². The number of phenols is 1. The van der Waals surface area contributed by atoms with Gasteiger partial charge in [0.2, 0.25) is 0 Å². The highest BCUT2D eigenvalue weighted by molar-refractivity contribution is 7.80. The monoisotopic (exact) mass is 446 g/mol. The number of nitrogens with one attached hydrogen (secondary N) is 1. The van der Waals surface area contributed by atoms with E-state index >= 15 is 0 Å². The molecule has 31 heavy (non-hydrogen) atoms. The molecule has 1 aliphatic rings. The zero-order valence-electron chi connectivity index (χ0n) is 16.4. The molecule has 7 heteroatoms. The summed E-state index contributed by atoms with van der Waals surface area (Å²) in [6.07, 6.45) is 3.80. The average molecular weight is 447 g/mol. The van der Waals surface area contributed by atoms with E-state index in [-0.39, 0.29) is 17.8 Å². The van der Waals surface area contributed by atoms with Gasteiger partial charge in [0, 0.05) is 28.8 Å². The highest BCUT2D eigenvalue weighted by Gasteiger charge is 2.43. The van der Waals surface area contributed by atoms with Gasteiger partial charge in [-0.05, 0) is 66.8 Å². The molecular weight excluding hydrogens is 428 g/mol. The highest BCUT2D eigenvalue weighted by atomic mass is 35.5. The van der Waals surface area contributed by atoms with E-state index in [1.54, 1.807) is 24.4 Å². The summed E-state index contributed by atoms with van der Waals surface area (Å²) in [4.78, 5) is 6.50. The van der Waals surface area contributed by atoms with E-state index in [1.807, 2.05) is 53.6 Å².